The summed E-state index contributed by atoms with van der Waals surface area (Å²) >= 11 is 0. The van der Waals surface area contributed by atoms with E-state index in [9.17, 15) is 24.5 Å². The van der Waals surface area contributed by atoms with Gasteiger partial charge in [-0.15, -0.1) is 0 Å². The summed E-state index contributed by atoms with van der Waals surface area (Å²) in [4.78, 5) is 45.6. The summed E-state index contributed by atoms with van der Waals surface area (Å²) in [7, 11) is 0. The average Bonchev–Trinajstić information content (AvgIpc) is 2.67. The molecule has 1 amide bonds. The maximum Gasteiger partial charge on any atom is 0.344 e. The van der Waals surface area contributed by atoms with Crippen LogP contribution in [0.4, 0.5) is 11.4 Å². The number of ketones is 1. The Bertz CT molecular complexity index is 969. The number of nitro groups is 1. The molecule has 0 bridgehead atoms. The lowest BCUT2D eigenvalue weighted by Gasteiger charge is -2.10. The lowest BCUT2D eigenvalue weighted by molar-refractivity contribution is -0.384. The normalized spacial score (nSPS) is 10.2. The van der Waals surface area contributed by atoms with Gasteiger partial charge in [-0.05, 0) is 50.1 Å². The first-order valence-electron chi connectivity index (χ1n) is 8.62. The smallest absolute Gasteiger partial charge is 0.344 e. The Balaban J connectivity index is 1.89. The molecule has 0 aromatic heterocycles. The van der Waals surface area contributed by atoms with Crippen LogP contribution in [0.15, 0.2) is 36.4 Å². The van der Waals surface area contributed by atoms with Crippen molar-refractivity contribution in [3.63, 3.8) is 0 Å². The van der Waals surface area contributed by atoms with Gasteiger partial charge in [0.2, 0.25) is 0 Å². The highest BCUT2D eigenvalue weighted by atomic mass is 16.6. The molecule has 1 N–H and O–H groups in total. The molecular formula is C20H20N2O7. The molecule has 0 saturated heterocycles. The van der Waals surface area contributed by atoms with Crippen LogP contribution in [-0.4, -0.2) is 35.8 Å². The summed E-state index contributed by atoms with van der Waals surface area (Å²) in [6.07, 6.45) is 0. The Morgan fingerprint density at radius 1 is 1.07 bits per heavy atom. The fourth-order valence-corrected chi connectivity index (χ4v) is 2.37. The molecule has 0 spiro atoms. The van der Waals surface area contributed by atoms with Gasteiger partial charge in [-0.1, -0.05) is 12.1 Å². The quantitative estimate of drug-likeness (QED) is 0.312. The largest absolute Gasteiger partial charge is 0.482 e. The molecule has 2 rings (SSSR count). The number of benzene rings is 2. The number of amides is 1. The highest BCUT2D eigenvalue weighted by molar-refractivity contribution is 5.95. The minimum Gasteiger partial charge on any atom is -0.482 e. The van der Waals surface area contributed by atoms with Crippen molar-refractivity contribution in [2.45, 2.75) is 20.8 Å². The predicted octanol–water partition coefficient (Wildman–Crippen LogP) is 2.97. The van der Waals surface area contributed by atoms with E-state index in [-0.39, 0.29) is 17.2 Å². The number of anilines is 1. The SMILES string of the molecule is CC(=O)c1cccc(OCC(=O)OCC(=O)Nc2cc(C)c(C)cc2[N+](=O)[O-])c1. The third-order valence-corrected chi connectivity index (χ3v) is 4.04. The number of hydrogen-bond acceptors (Lipinski definition) is 7. The Morgan fingerprint density at radius 3 is 2.41 bits per heavy atom. The second kappa shape index (κ2) is 9.45. The van der Waals surface area contributed by atoms with Crippen molar-refractivity contribution in [1.82, 2.24) is 0 Å². The monoisotopic (exact) mass is 400 g/mol. The fourth-order valence-electron chi connectivity index (χ4n) is 2.37. The van der Waals surface area contributed by atoms with Crippen molar-refractivity contribution in [3.8, 4) is 5.75 Å². The molecule has 29 heavy (non-hydrogen) atoms. The zero-order valence-corrected chi connectivity index (χ0v) is 16.2. The third kappa shape index (κ3) is 6.13. The minimum absolute atomic E-state index is 0.0245. The number of hydrogen-bond donors (Lipinski definition) is 1. The van der Waals surface area contributed by atoms with E-state index in [0.29, 0.717) is 16.9 Å². The van der Waals surface area contributed by atoms with E-state index in [1.807, 2.05) is 0 Å². The van der Waals surface area contributed by atoms with Crippen molar-refractivity contribution >= 4 is 29.0 Å². The molecule has 0 aliphatic carbocycles. The number of Topliss-reactive ketones (excluding diaryl/α,β-unsaturated/α-hetero) is 1. The van der Waals surface area contributed by atoms with Gasteiger partial charge in [-0.25, -0.2) is 4.79 Å². The summed E-state index contributed by atoms with van der Waals surface area (Å²) in [5.41, 5.74) is 1.69. The fraction of sp³-hybridized carbons (Fsp3) is 0.250. The van der Waals surface area contributed by atoms with E-state index >= 15 is 0 Å². The van der Waals surface area contributed by atoms with Crippen molar-refractivity contribution in [2.75, 3.05) is 18.5 Å². The number of carbonyl (C=O) groups is 3. The highest BCUT2D eigenvalue weighted by Gasteiger charge is 2.18. The van der Waals surface area contributed by atoms with E-state index in [2.05, 4.69) is 5.32 Å². The van der Waals surface area contributed by atoms with Gasteiger partial charge in [0.05, 0.1) is 4.92 Å². The Hall–Kier alpha value is -3.75. The molecule has 2 aromatic rings. The van der Waals surface area contributed by atoms with E-state index in [1.54, 1.807) is 32.0 Å². The molecule has 9 heteroatoms. The Morgan fingerprint density at radius 2 is 1.76 bits per heavy atom. The first-order chi connectivity index (χ1) is 13.7. The van der Waals surface area contributed by atoms with E-state index in [1.165, 1.54) is 25.1 Å². The minimum atomic E-state index is -0.803. The molecule has 0 unspecified atom stereocenters. The summed E-state index contributed by atoms with van der Waals surface area (Å²) in [6, 6.07) is 9.13. The average molecular weight is 400 g/mol. The van der Waals surface area contributed by atoms with Crippen LogP contribution in [0, 0.1) is 24.0 Å². The number of nitro benzene ring substituents is 1. The first-order valence-corrected chi connectivity index (χ1v) is 8.62. The molecule has 0 fully saturated rings. The predicted molar refractivity (Wildman–Crippen MR) is 104 cm³/mol. The van der Waals surface area contributed by atoms with Crippen molar-refractivity contribution in [3.05, 3.63) is 63.2 Å². The van der Waals surface area contributed by atoms with Crippen molar-refractivity contribution in [2.24, 2.45) is 0 Å². The van der Waals surface area contributed by atoms with Crippen LogP contribution in [0.5, 0.6) is 5.75 Å². The number of rotatable bonds is 8. The number of aryl methyl sites for hydroxylation is 2. The third-order valence-electron chi connectivity index (χ3n) is 4.04. The van der Waals surface area contributed by atoms with Crippen LogP contribution in [0.3, 0.4) is 0 Å². The molecule has 0 heterocycles. The zero-order chi connectivity index (χ0) is 21.6. The lowest BCUT2D eigenvalue weighted by Crippen LogP contribution is -2.24. The summed E-state index contributed by atoms with van der Waals surface area (Å²) < 4.78 is 10.1. The molecule has 152 valence electrons. The Kier molecular flexibility index (Phi) is 7.02. The lowest BCUT2D eigenvalue weighted by atomic mass is 10.1. The summed E-state index contributed by atoms with van der Waals surface area (Å²) in [5, 5.41) is 13.5. The van der Waals surface area contributed by atoms with Crippen LogP contribution < -0.4 is 10.1 Å². The van der Waals surface area contributed by atoms with Gasteiger partial charge in [0.25, 0.3) is 11.6 Å². The van der Waals surface area contributed by atoms with Crippen molar-refractivity contribution in [1.29, 1.82) is 0 Å². The number of esters is 1. The van der Waals surface area contributed by atoms with Crippen LogP contribution in [0.1, 0.15) is 28.4 Å². The van der Waals surface area contributed by atoms with Crippen LogP contribution in [0.2, 0.25) is 0 Å². The number of nitrogens with zero attached hydrogens (tertiary/aromatic N) is 1. The molecular weight excluding hydrogens is 380 g/mol. The van der Waals surface area contributed by atoms with E-state index in [0.717, 1.165) is 5.56 Å². The van der Waals surface area contributed by atoms with E-state index in [4.69, 9.17) is 9.47 Å². The van der Waals surface area contributed by atoms with Gasteiger partial charge in [0.15, 0.2) is 19.0 Å². The highest BCUT2D eigenvalue weighted by Crippen LogP contribution is 2.27. The molecule has 2 aromatic carbocycles. The molecule has 0 atom stereocenters. The first kappa shape index (κ1) is 21.5. The number of ether oxygens (including phenoxy) is 2. The van der Waals surface area contributed by atoms with Crippen LogP contribution in [0.25, 0.3) is 0 Å². The number of nitrogens with one attached hydrogen (secondary N) is 1. The van der Waals surface area contributed by atoms with Gasteiger partial charge >= 0.3 is 5.97 Å². The maximum atomic E-state index is 12.0. The molecule has 0 aliphatic rings. The second-order valence-corrected chi connectivity index (χ2v) is 6.29. The van der Waals surface area contributed by atoms with Gasteiger partial charge in [0.1, 0.15) is 11.4 Å². The second-order valence-electron chi connectivity index (χ2n) is 6.29. The standard InChI is InChI=1S/C20H20N2O7/c1-12-7-17(18(22(26)27)8-13(12)2)21-19(24)10-29-20(25)11-28-16-6-4-5-15(9-16)14(3)23/h4-9H,10-11H2,1-3H3,(H,21,24). The van der Waals surface area contributed by atoms with Gasteiger partial charge < -0.3 is 14.8 Å². The molecule has 0 radical (unpaired) electrons. The van der Waals surface area contributed by atoms with Crippen LogP contribution >= 0.6 is 0 Å². The van der Waals surface area contributed by atoms with E-state index < -0.39 is 30.0 Å². The summed E-state index contributed by atoms with van der Waals surface area (Å²) in [6.45, 7) is 3.80. The molecule has 9 nitrogen and oxygen atoms in total. The molecule has 0 aliphatic heterocycles. The van der Waals surface area contributed by atoms with Gasteiger partial charge in [-0.2, -0.15) is 0 Å². The maximum absolute atomic E-state index is 12.0. The zero-order valence-electron chi connectivity index (χ0n) is 16.2. The van der Waals surface area contributed by atoms with Crippen molar-refractivity contribution < 1.29 is 28.8 Å². The topological polar surface area (TPSA) is 125 Å². The van der Waals surface area contributed by atoms with Gasteiger partial charge in [-0.3, -0.25) is 19.7 Å². The number of carbonyl (C=O) groups excluding carboxylic acids is 3. The molecule has 0 saturated carbocycles. The Labute approximate surface area is 166 Å². The summed E-state index contributed by atoms with van der Waals surface area (Å²) in [5.74, 6) is -1.36. The van der Waals surface area contributed by atoms with Crippen LogP contribution in [-0.2, 0) is 14.3 Å². The van der Waals surface area contributed by atoms with Gasteiger partial charge in [0, 0.05) is 11.6 Å².